The second-order valence-electron chi connectivity index (χ2n) is 3.63. The summed E-state index contributed by atoms with van der Waals surface area (Å²) in [6, 6.07) is 9.57. The van der Waals surface area contributed by atoms with E-state index >= 15 is 0 Å². The number of hydrogen-bond donors (Lipinski definition) is 2. The van der Waals surface area contributed by atoms with Crippen LogP contribution >= 0.6 is 0 Å². The minimum Gasteiger partial charge on any atom is -0.367 e. The summed E-state index contributed by atoms with van der Waals surface area (Å²) < 4.78 is 0. The number of likely N-dealkylation sites (N-methyl/N-ethyl adjacent to an activating group) is 1. The van der Waals surface area contributed by atoms with Crippen LogP contribution in [-0.4, -0.2) is 41.5 Å². The standard InChI is InChI=1S/C11H17NO2/c1-12(2)10(11(13)14)8-9-6-4-3-5-7-9/h3-7,10-11,13-14H,8H2,1-2H3. The molecule has 3 nitrogen and oxygen atoms in total. The zero-order chi connectivity index (χ0) is 10.6. The first-order valence-corrected chi connectivity index (χ1v) is 4.67. The fraction of sp³-hybridized carbons (Fsp3) is 0.455. The van der Waals surface area contributed by atoms with Gasteiger partial charge in [-0.2, -0.15) is 0 Å². The summed E-state index contributed by atoms with van der Waals surface area (Å²) in [4.78, 5) is 1.82. The van der Waals surface area contributed by atoms with E-state index in [-0.39, 0.29) is 6.04 Å². The molecular weight excluding hydrogens is 178 g/mol. The van der Waals surface area contributed by atoms with Crippen molar-refractivity contribution in [1.82, 2.24) is 4.90 Å². The van der Waals surface area contributed by atoms with Crippen molar-refractivity contribution in [2.45, 2.75) is 18.8 Å². The number of aliphatic hydroxyl groups is 2. The lowest BCUT2D eigenvalue weighted by atomic mass is 10.1. The van der Waals surface area contributed by atoms with Crippen LogP contribution in [0.1, 0.15) is 5.56 Å². The number of nitrogens with zero attached hydrogens (tertiary/aromatic N) is 1. The smallest absolute Gasteiger partial charge is 0.167 e. The van der Waals surface area contributed by atoms with Crippen LogP contribution in [0.2, 0.25) is 0 Å². The maximum absolute atomic E-state index is 9.16. The Morgan fingerprint density at radius 3 is 2.14 bits per heavy atom. The van der Waals surface area contributed by atoms with Crippen LogP contribution in [0.3, 0.4) is 0 Å². The molecule has 1 atom stereocenters. The van der Waals surface area contributed by atoms with Crippen molar-refractivity contribution in [2.24, 2.45) is 0 Å². The Morgan fingerprint density at radius 2 is 1.71 bits per heavy atom. The van der Waals surface area contributed by atoms with Gasteiger partial charge in [0, 0.05) is 0 Å². The Labute approximate surface area is 84.6 Å². The van der Waals surface area contributed by atoms with E-state index in [9.17, 15) is 0 Å². The molecule has 0 saturated heterocycles. The molecule has 1 aromatic carbocycles. The molecule has 0 aliphatic carbocycles. The predicted octanol–water partition coefficient (Wildman–Crippen LogP) is 0.470. The second kappa shape index (κ2) is 5.10. The number of benzene rings is 1. The molecule has 0 spiro atoms. The summed E-state index contributed by atoms with van der Waals surface area (Å²) >= 11 is 0. The lowest BCUT2D eigenvalue weighted by molar-refractivity contribution is -0.0906. The highest BCUT2D eigenvalue weighted by Gasteiger charge is 2.18. The van der Waals surface area contributed by atoms with Crippen molar-refractivity contribution >= 4 is 0 Å². The molecule has 1 rings (SSSR count). The summed E-state index contributed by atoms with van der Waals surface area (Å²) in [5, 5.41) is 18.3. The molecule has 0 bridgehead atoms. The minimum absolute atomic E-state index is 0.252. The second-order valence-corrected chi connectivity index (χ2v) is 3.63. The molecule has 0 heterocycles. The maximum Gasteiger partial charge on any atom is 0.167 e. The third-order valence-corrected chi connectivity index (χ3v) is 2.30. The van der Waals surface area contributed by atoms with Gasteiger partial charge in [-0.1, -0.05) is 30.3 Å². The molecule has 0 aliphatic rings. The molecular formula is C11H17NO2. The molecule has 0 aromatic heterocycles. The normalized spacial score (nSPS) is 13.6. The first kappa shape index (κ1) is 11.2. The van der Waals surface area contributed by atoms with Gasteiger partial charge in [-0.05, 0) is 26.1 Å². The molecule has 0 saturated carbocycles. The van der Waals surface area contributed by atoms with E-state index in [1.807, 2.05) is 49.3 Å². The summed E-state index contributed by atoms with van der Waals surface area (Å²) in [5.74, 6) is 0. The monoisotopic (exact) mass is 195 g/mol. The van der Waals surface area contributed by atoms with Gasteiger partial charge in [0.2, 0.25) is 0 Å². The Bertz CT molecular complexity index is 251. The average Bonchev–Trinajstić information content (AvgIpc) is 2.15. The summed E-state index contributed by atoms with van der Waals surface area (Å²) in [6.07, 6.45) is -0.656. The quantitative estimate of drug-likeness (QED) is 0.686. The van der Waals surface area contributed by atoms with Gasteiger partial charge in [-0.25, -0.2) is 0 Å². The van der Waals surface area contributed by atoms with Crippen LogP contribution in [0.4, 0.5) is 0 Å². The molecule has 0 aliphatic heterocycles. The number of rotatable bonds is 4. The Balaban J connectivity index is 2.65. The average molecular weight is 195 g/mol. The van der Waals surface area contributed by atoms with Gasteiger partial charge in [-0.15, -0.1) is 0 Å². The molecule has 0 amide bonds. The van der Waals surface area contributed by atoms with E-state index in [0.29, 0.717) is 6.42 Å². The molecule has 78 valence electrons. The van der Waals surface area contributed by atoms with Crippen molar-refractivity contribution < 1.29 is 10.2 Å². The van der Waals surface area contributed by atoms with Crippen LogP contribution in [0, 0.1) is 0 Å². The zero-order valence-corrected chi connectivity index (χ0v) is 8.59. The lowest BCUT2D eigenvalue weighted by Gasteiger charge is -2.25. The molecule has 1 unspecified atom stereocenters. The highest BCUT2D eigenvalue weighted by Crippen LogP contribution is 2.08. The van der Waals surface area contributed by atoms with Crippen LogP contribution < -0.4 is 0 Å². The first-order valence-electron chi connectivity index (χ1n) is 4.67. The van der Waals surface area contributed by atoms with Crippen LogP contribution in [0.25, 0.3) is 0 Å². The Morgan fingerprint density at radius 1 is 1.14 bits per heavy atom. The van der Waals surface area contributed by atoms with E-state index in [1.165, 1.54) is 0 Å². The van der Waals surface area contributed by atoms with Crippen LogP contribution in [0.5, 0.6) is 0 Å². The third kappa shape index (κ3) is 3.10. The summed E-state index contributed by atoms with van der Waals surface area (Å²) in [7, 11) is 3.68. The molecule has 2 N–H and O–H groups in total. The van der Waals surface area contributed by atoms with E-state index in [2.05, 4.69) is 0 Å². The van der Waals surface area contributed by atoms with Crippen molar-refractivity contribution in [3.63, 3.8) is 0 Å². The molecule has 0 fully saturated rings. The molecule has 1 aromatic rings. The van der Waals surface area contributed by atoms with E-state index in [1.54, 1.807) is 0 Å². The molecule has 14 heavy (non-hydrogen) atoms. The SMILES string of the molecule is CN(C)C(Cc1ccccc1)C(O)O. The van der Waals surface area contributed by atoms with Crippen molar-refractivity contribution in [1.29, 1.82) is 0 Å². The van der Waals surface area contributed by atoms with Gasteiger partial charge in [0.25, 0.3) is 0 Å². The van der Waals surface area contributed by atoms with Crippen molar-refractivity contribution in [3.8, 4) is 0 Å². The van der Waals surface area contributed by atoms with Gasteiger partial charge < -0.3 is 15.1 Å². The van der Waals surface area contributed by atoms with Crippen LogP contribution in [-0.2, 0) is 6.42 Å². The highest BCUT2D eigenvalue weighted by atomic mass is 16.5. The lowest BCUT2D eigenvalue weighted by Crippen LogP contribution is -2.40. The fourth-order valence-electron chi connectivity index (χ4n) is 1.41. The van der Waals surface area contributed by atoms with Gasteiger partial charge in [0.05, 0.1) is 6.04 Å². The minimum atomic E-state index is -1.30. The fourth-order valence-corrected chi connectivity index (χ4v) is 1.41. The van der Waals surface area contributed by atoms with E-state index in [0.717, 1.165) is 5.56 Å². The number of aliphatic hydroxyl groups excluding tert-OH is 1. The Kier molecular flexibility index (Phi) is 4.07. The molecule has 0 radical (unpaired) electrons. The van der Waals surface area contributed by atoms with Gasteiger partial charge >= 0.3 is 0 Å². The van der Waals surface area contributed by atoms with Crippen LogP contribution in [0.15, 0.2) is 30.3 Å². The third-order valence-electron chi connectivity index (χ3n) is 2.30. The van der Waals surface area contributed by atoms with E-state index < -0.39 is 6.29 Å². The summed E-state index contributed by atoms with van der Waals surface area (Å²) in [6.45, 7) is 0. The van der Waals surface area contributed by atoms with Gasteiger partial charge in [0.15, 0.2) is 6.29 Å². The molecule has 3 heteroatoms. The highest BCUT2D eigenvalue weighted by molar-refractivity contribution is 5.16. The van der Waals surface area contributed by atoms with Gasteiger partial charge in [0.1, 0.15) is 0 Å². The summed E-state index contributed by atoms with van der Waals surface area (Å²) in [5.41, 5.74) is 1.11. The largest absolute Gasteiger partial charge is 0.367 e. The topological polar surface area (TPSA) is 43.7 Å². The van der Waals surface area contributed by atoms with Crippen molar-refractivity contribution in [2.75, 3.05) is 14.1 Å². The van der Waals surface area contributed by atoms with E-state index in [4.69, 9.17) is 10.2 Å². The first-order chi connectivity index (χ1) is 6.61. The predicted molar refractivity (Wildman–Crippen MR) is 55.8 cm³/mol. The van der Waals surface area contributed by atoms with Gasteiger partial charge in [-0.3, -0.25) is 0 Å². The maximum atomic E-state index is 9.16. The zero-order valence-electron chi connectivity index (χ0n) is 8.59. The van der Waals surface area contributed by atoms with Crippen molar-refractivity contribution in [3.05, 3.63) is 35.9 Å². The Hall–Kier alpha value is -0.900. The number of hydrogen-bond acceptors (Lipinski definition) is 3.